The number of aryl methyl sites for hydroxylation is 1. The summed E-state index contributed by atoms with van der Waals surface area (Å²) in [4.78, 5) is 25.0. The van der Waals surface area contributed by atoms with Crippen LogP contribution in [0.5, 0.6) is 11.5 Å². The lowest BCUT2D eigenvalue weighted by molar-refractivity contribution is -0.138. The summed E-state index contributed by atoms with van der Waals surface area (Å²) in [5.74, 6) is -0.0134. The molecule has 31 heavy (non-hydrogen) atoms. The Hall–Kier alpha value is -2.88. The largest absolute Gasteiger partial charge is 0.425 e. The van der Waals surface area contributed by atoms with Crippen LogP contribution in [0.4, 0.5) is 0 Å². The van der Waals surface area contributed by atoms with Crippen LogP contribution in [0, 0.1) is 11.8 Å². The molecule has 4 nitrogen and oxygen atoms in total. The topological polar surface area (TPSA) is 52.6 Å². The van der Waals surface area contributed by atoms with Crippen LogP contribution < -0.4 is 9.47 Å². The molecule has 0 radical (unpaired) electrons. The predicted octanol–water partition coefficient (Wildman–Crippen LogP) is 6.85. The molecule has 0 saturated heterocycles. The molecular formula is C27H32O4. The fourth-order valence-electron chi connectivity index (χ4n) is 3.54. The molecule has 0 fully saturated rings. The first-order chi connectivity index (χ1) is 14.8. The first-order valence-corrected chi connectivity index (χ1v) is 11.2. The summed E-state index contributed by atoms with van der Waals surface area (Å²) >= 11 is 0. The Morgan fingerprint density at radius 1 is 0.742 bits per heavy atom. The monoisotopic (exact) mass is 420 g/mol. The third-order valence-electron chi connectivity index (χ3n) is 5.41. The van der Waals surface area contributed by atoms with Crippen molar-refractivity contribution in [3.63, 3.8) is 0 Å². The molecular weight excluding hydrogens is 388 g/mol. The van der Waals surface area contributed by atoms with Gasteiger partial charge in [0.1, 0.15) is 11.5 Å². The average Bonchev–Trinajstić information content (AvgIpc) is 2.75. The number of carbonyl (C=O) groups excluding carboxylic acids is 2. The summed E-state index contributed by atoms with van der Waals surface area (Å²) in [5.41, 5.74) is 1.18. The third kappa shape index (κ3) is 5.07. The van der Waals surface area contributed by atoms with Gasteiger partial charge >= 0.3 is 11.9 Å². The van der Waals surface area contributed by atoms with E-state index < -0.39 is 0 Å². The lowest BCUT2D eigenvalue weighted by Crippen LogP contribution is -2.17. The van der Waals surface area contributed by atoms with Gasteiger partial charge in [-0.1, -0.05) is 83.9 Å². The van der Waals surface area contributed by atoms with Crippen LogP contribution in [-0.4, -0.2) is 11.9 Å². The lowest BCUT2D eigenvalue weighted by Gasteiger charge is -2.18. The maximum Gasteiger partial charge on any atom is 0.313 e. The first-order valence-electron chi connectivity index (χ1n) is 11.2. The van der Waals surface area contributed by atoms with Gasteiger partial charge in [0, 0.05) is 21.5 Å². The van der Waals surface area contributed by atoms with E-state index >= 15 is 0 Å². The van der Waals surface area contributed by atoms with Gasteiger partial charge in [0.05, 0.1) is 11.8 Å². The summed E-state index contributed by atoms with van der Waals surface area (Å²) in [6, 6.07) is 13.8. The molecule has 3 aromatic carbocycles. The first kappa shape index (κ1) is 22.8. The van der Waals surface area contributed by atoms with Crippen molar-refractivity contribution in [2.45, 2.75) is 60.3 Å². The van der Waals surface area contributed by atoms with Crippen molar-refractivity contribution in [2.24, 2.45) is 11.8 Å². The SMILES string of the molecule is CCCCCc1ccc2c(OC(=O)C(C)C)c3ccccc3c(OC(=O)C(C)C)c2c1. The van der Waals surface area contributed by atoms with Crippen molar-refractivity contribution in [3.8, 4) is 11.5 Å². The van der Waals surface area contributed by atoms with Crippen LogP contribution >= 0.6 is 0 Å². The molecule has 0 bridgehead atoms. The zero-order chi connectivity index (χ0) is 22.5. The number of ether oxygens (including phenoxy) is 2. The van der Waals surface area contributed by atoms with E-state index in [-0.39, 0.29) is 23.8 Å². The molecule has 3 aromatic rings. The molecule has 0 unspecified atom stereocenters. The molecule has 0 atom stereocenters. The quantitative estimate of drug-likeness (QED) is 0.173. The van der Waals surface area contributed by atoms with E-state index in [1.54, 1.807) is 0 Å². The molecule has 0 heterocycles. The molecule has 0 aromatic heterocycles. The number of carbonyl (C=O) groups is 2. The normalized spacial score (nSPS) is 11.5. The third-order valence-corrected chi connectivity index (χ3v) is 5.41. The fourth-order valence-corrected chi connectivity index (χ4v) is 3.54. The van der Waals surface area contributed by atoms with E-state index in [1.165, 1.54) is 12.0 Å². The number of benzene rings is 3. The van der Waals surface area contributed by atoms with Crippen LogP contribution in [0.15, 0.2) is 42.5 Å². The van der Waals surface area contributed by atoms with Crippen LogP contribution in [0.2, 0.25) is 0 Å². The van der Waals surface area contributed by atoms with Crippen LogP contribution in [0.1, 0.15) is 59.4 Å². The molecule has 0 amide bonds. The summed E-state index contributed by atoms with van der Waals surface area (Å²) in [5, 5.41) is 3.10. The van der Waals surface area contributed by atoms with Gasteiger partial charge in [-0.15, -0.1) is 0 Å². The Morgan fingerprint density at radius 2 is 1.26 bits per heavy atom. The molecule has 0 saturated carbocycles. The number of esters is 2. The van der Waals surface area contributed by atoms with Crippen molar-refractivity contribution in [1.82, 2.24) is 0 Å². The number of hydrogen-bond acceptors (Lipinski definition) is 4. The summed E-state index contributed by atoms with van der Waals surface area (Å²) in [7, 11) is 0. The smallest absolute Gasteiger partial charge is 0.313 e. The zero-order valence-corrected chi connectivity index (χ0v) is 19.2. The molecule has 0 N–H and O–H groups in total. The van der Waals surface area contributed by atoms with E-state index in [0.29, 0.717) is 11.5 Å². The molecule has 4 heteroatoms. The predicted molar refractivity (Wildman–Crippen MR) is 126 cm³/mol. The fraction of sp³-hybridized carbons (Fsp3) is 0.407. The van der Waals surface area contributed by atoms with E-state index in [0.717, 1.165) is 40.8 Å². The van der Waals surface area contributed by atoms with Crippen molar-refractivity contribution in [3.05, 3.63) is 48.0 Å². The van der Waals surface area contributed by atoms with E-state index in [2.05, 4.69) is 19.1 Å². The second kappa shape index (κ2) is 9.95. The minimum atomic E-state index is -0.287. The average molecular weight is 421 g/mol. The van der Waals surface area contributed by atoms with Gasteiger partial charge in [0.25, 0.3) is 0 Å². The number of hydrogen-bond donors (Lipinski definition) is 0. The second-order valence-corrected chi connectivity index (χ2v) is 8.69. The number of unbranched alkanes of at least 4 members (excludes halogenated alkanes) is 2. The van der Waals surface area contributed by atoms with Crippen molar-refractivity contribution < 1.29 is 19.1 Å². The van der Waals surface area contributed by atoms with Gasteiger partial charge in [-0.05, 0) is 24.5 Å². The van der Waals surface area contributed by atoms with Gasteiger partial charge in [0.15, 0.2) is 0 Å². The maximum atomic E-state index is 12.5. The molecule has 0 aliphatic heterocycles. The van der Waals surface area contributed by atoms with Gasteiger partial charge in [-0.3, -0.25) is 9.59 Å². The summed E-state index contributed by atoms with van der Waals surface area (Å²) < 4.78 is 11.8. The lowest BCUT2D eigenvalue weighted by atomic mass is 9.97. The Bertz CT molecular complexity index is 1100. The molecule has 0 spiro atoms. The van der Waals surface area contributed by atoms with E-state index in [9.17, 15) is 9.59 Å². The van der Waals surface area contributed by atoms with Gasteiger partial charge < -0.3 is 9.47 Å². The summed E-state index contributed by atoms with van der Waals surface area (Å²) in [6.45, 7) is 9.46. The minimum absolute atomic E-state index is 0.249. The Labute approximate surface area is 184 Å². The minimum Gasteiger partial charge on any atom is -0.425 e. The van der Waals surface area contributed by atoms with Crippen molar-refractivity contribution in [1.29, 1.82) is 0 Å². The molecule has 0 aliphatic rings. The van der Waals surface area contributed by atoms with Gasteiger partial charge in [-0.2, -0.15) is 0 Å². The number of rotatable bonds is 8. The molecule has 3 rings (SSSR count). The van der Waals surface area contributed by atoms with Gasteiger partial charge in [0.2, 0.25) is 0 Å². The Kier molecular flexibility index (Phi) is 7.32. The van der Waals surface area contributed by atoms with Crippen molar-refractivity contribution >= 4 is 33.5 Å². The number of fused-ring (bicyclic) bond motifs is 2. The Balaban J connectivity index is 2.27. The second-order valence-electron chi connectivity index (χ2n) is 8.69. The highest BCUT2D eigenvalue weighted by molar-refractivity contribution is 6.13. The zero-order valence-electron chi connectivity index (χ0n) is 19.2. The van der Waals surface area contributed by atoms with Crippen molar-refractivity contribution in [2.75, 3.05) is 0 Å². The van der Waals surface area contributed by atoms with Crippen LogP contribution in [0.25, 0.3) is 21.5 Å². The van der Waals surface area contributed by atoms with E-state index in [1.807, 2.05) is 58.0 Å². The summed E-state index contributed by atoms with van der Waals surface area (Å²) in [6.07, 6.45) is 4.38. The standard InChI is InChI=1S/C27H32O4/c1-6-7-8-11-19-14-15-22-23(16-19)25(31-27(29)18(4)5)21-13-10-9-12-20(21)24(22)30-26(28)17(2)3/h9-10,12-18H,6-8,11H2,1-5H3. The van der Waals surface area contributed by atoms with Gasteiger partial charge in [-0.25, -0.2) is 0 Å². The Morgan fingerprint density at radius 3 is 1.77 bits per heavy atom. The highest BCUT2D eigenvalue weighted by atomic mass is 16.5. The molecule has 164 valence electrons. The van der Waals surface area contributed by atoms with Crippen LogP contribution in [0.3, 0.4) is 0 Å². The highest BCUT2D eigenvalue weighted by Crippen LogP contribution is 2.43. The maximum absolute atomic E-state index is 12.5. The molecule has 0 aliphatic carbocycles. The highest BCUT2D eigenvalue weighted by Gasteiger charge is 2.22. The van der Waals surface area contributed by atoms with Crippen LogP contribution in [-0.2, 0) is 16.0 Å². The van der Waals surface area contributed by atoms with E-state index in [4.69, 9.17) is 9.47 Å².